The van der Waals surface area contributed by atoms with E-state index in [1.54, 1.807) is 6.21 Å². The standard InChI is InChI=1S/C7H12N2O/c1-6-7(2)9-5-10-4-3-8-6/h3,9H,4-5H2,1-2H3. The molecule has 0 unspecified atom stereocenters. The lowest BCUT2D eigenvalue weighted by molar-refractivity contribution is 0.160. The van der Waals surface area contributed by atoms with Gasteiger partial charge in [-0.3, -0.25) is 4.99 Å². The molecule has 3 nitrogen and oxygen atoms in total. The van der Waals surface area contributed by atoms with Gasteiger partial charge in [0.1, 0.15) is 6.73 Å². The Labute approximate surface area is 60.8 Å². The van der Waals surface area contributed by atoms with Crippen LogP contribution in [0.2, 0.25) is 0 Å². The van der Waals surface area contributed by atoms with Crippen molar-refractivity contribution in [1.29, 1.82) is 0 Å². The highest BCUT2D eigenvalue weighted by Gasteiger charge is 1.95. The molecule has 56 valence electrons. The molecule has 1 aliphatic heterocycles. The lowest BCUT2D eigenvalue weighted by atomic mass is 10.4. The SMILES string of the molecule is CC1=C(C)NCOCC=N1. The molecule has 0 aromatic carbocycles. The summed E-state index contributed by atoms with van der Waals surface area (Å²) < 4.78 is 5.10. The Kier molecular flexibility index (Phi) is 2.45. The van der Waals surface area contributed by atoms with Gasteiger partial charge in [0, 0.05) is 11.9 Å². The third-order valence-corrected chi connectivity index (χ3v) is 1.46. The van der Waals surface area contributed by atoms with E-state index in [4.69, 9.17) is 4.74 Å². The summed E-state index contributed by atoms with van der Waals surface area (Å²) in [4.78, 5) is 4.13. The zero-order valence-corrected chi connectivity index (χ0v) is 6.35. The molecule has 1 N–H and O–H groups in total. The molecule has 1 aliphatic rings. The highest BCUT2D eigenvalue weighted by molar-refractivity contribution is 5.60. The van der Waals surface area contributed by atoms with Crippen LogP contribution in [0.4, 0.5) is 0 Å². The van der Waals surface area contributed by atoms with Crippen LogP contribution in [0.5, 0.6) is 0 Å². The molecule has 0 spiro atoms. The maximum Gasteiger partial charge on any atom is 0.116 e. The molecule has 0 bridgehead atoms. The minimum atomic E-state index is 0.579. The molecular formula is C7H12N2O. The average Bonchev–Trinajstić information content (AvgIpc) is 1.92. The van der Waals surface area contributed by atoms with Gasteiger partial charge in [-0.2, -0.15) is 0 Å². The van der Waals surface area contributed by atoms with Crippen LogP contribution >= 0.6 is 0 Å². The summed E-state index contributed by atoms with van der Waals surface area (Å²) in [6, 6.07) is 0. The number of nitrogens with zero attached hydrogens (tertiary/aromatic N) is 1. The van der Waals surface area contributed by atoms with Crippen molar-refractivity contribution in [1.82, 2.24) is 5.32 Å². The fourth-order valence-electron chi connectivity index (χ4n) is 0.670. The quantitative estimate of drug-likeness (QED) is 0.542. The molecule has 0 saturated carbocycles. The minimum Gasteiger partial charge on any atom is -0.365 e. The van der Waals surface area contributed by atoms with Crippen LogP contribution in [0, 0.1) is 0 Å². The first-order valence-corrected chi connectivity index (χ1v) is 3.32. The molecule has 0 radical (unpaired) electrons. The summed E-state index contributed by atoms with van der Waals surface area (Å²) in [5.41, 5.74) is 2.11. The number of hydrogen-bond acceptors (Lipinski definition) is 3. The summed E-state index contributed by atoms with van der Waals surface area (Å²) in [5, 5.41) is 3.08. The van der Waals surface area contributed by atoms with Gasteiger partial charge in [-0.25, -0.2) is 0 Å². The van der Waals surface area contributed by atoms with E-state index in [9.17, 15) is 0 Å². The van der Waals surface area contributed by atoms with Crippen LogP contribution in [0.1, 0.15) is 13.8 Å². The van der Waals surface area contributed by atoms with Gasteiger partial charge in [-0.1, -0.05) is 0 Å². The smallest absolute Gasteiger partial charge is 0.116 e. The molecule has 0 atom stereocenters. The first kappa shape index (κ1) is 7.28. The highest BCUT2D eigenvalue weighted by atomic mass is 16.5. The van der Waals surface area contributed by atoms with Crippen molar-refractivity contribution in [2.24, 2.45) is 4.99 Å². The van der Waals surface area contributed by atoms with Gasteiger partial charge in [0.2, 0.25) is 0 Å². The second-order valence-corrected chi connectivity index (χ2v) is 2.21. The largest absolute Gasteiger partial charge is 0.365 e. The van der Waals surface area contributed by atoms with Gasteiger partial charge in [0.15, 0.2) is 0 Å². The van der Waals surface area contributed by atoms with E-state index in [1.807, 2.05) is 13.8 Å². The Hall–Kier alpha value is -0.830. The van der Waals surface area contributed by atoms with Crippen molar-refractivity contribution < 1.29 is 4.74 Å². The van der Waals surface area contributed by atoms with Crippen molar-refractivity contribution >= 4 is 6.21 Å². The normalized spacial score (nSPS) is 19.8. The van der Waals surface area contributed by atoms with E-state index >= 15 is 0 Å². The minimum absolute atomic E-state index is 0.579. The van der Waals surface area contributed by atoms with Gasteiger partial charge < -0.3 is 10.1 Å². The molecule has 1 rings (SSSR count). The van der Waals surface area contributed by atoms with Crippen molar-refractivity contribution in [2.75, 3.05) is 13.3 Å². The number of ether oxygens (including phenoxy) is 1. The Morgan fingerprint density at radius 1 is 1.60 bits per heavy atom. The van der Waals surface area contributed by atoms with Crippen molar-refractivity contribution in [3.05, 3.63) is 11.4 Å². The van der Waals surface area contributed by atoms with Gasteiger partial charge in [0.25, 0.3) is 0 Å². The van der Waals surface area contributed by atoms with Gasteiger partial charge in [-0.15, -0.1) is 0 Å². The molecule has 0 aromatic heterocycles. The van der Waals surface area contributed by atoms with Crippen LogP contribution in [0.15, 0.2) is 16.4 Å². The predicted molar refractivity (Wildman–Crippen MR) is 40.8 cm³/mol. The second kappa shape index (κ2) is 3.37. The monoisotopic (exact) mass is 140 g/mol. The third kappa shape index (κ3) is 1.84. The van der Waals surface area contributed by atoms with Crippen LogP contribution in [0.25, 0.3) is 0 Å². The molecule has 0 fully saturated rings. The van der Waals surface area contributed by atoms with E-state index in [2.05, 4.69) is 10.3 Å². The number of nitrogens with one attached hydrogen (secondary N) is 1. The maximum atomic E-state index is 5.10. The zero-order chi connectivity index (χ0) is 7.40. The fourth-order valence-corrected chi connectivity index (χ4v) is 0.670. The molecule has 3 heteroatoms. The molecule has 10 heavy (non-hydrogen) atoms. The molecule has 0 saturated heterocycles. The number of rotatable bonds is 0. The van der Waals surface area contributed by atoms with E-state index < -0.39 is 0 Å². The van der Waals surface area contributed by atoms with Gasteiger partial charge in [0.05, 0.1) is 12.3 Å². The maximum absolute atomic E-state index is 5.10. The highest BCUT2D eigenvalue weighted by Crippen LogP contribution is 2.01. The average molecular weight is 140 g/mol. The topological polar surface area (TPSA) is 33.6 Å². The summed E-state index contributed by atoms with van der Waals surface area (Å²) in [6.07, 6.45) is 1.78. The Morgan fingerprint density at radius 2 is 2.40 bits per heavy atom. The number of hydrogen-bond donors (Lipinski definition) is 1. The molecule has 1 heterocycles. The number of aliphatic imine (C=N–C) groups is 1. The first-order chi connectivity index (χ1) is 4.80. The number of allylic oxidation sites excluding steroid dienone is 2. The van der Waals surface area contributed by atoms with E-state index in [-0.39, 0.29) is 0 Å². The molecule has 0 amide bonds. The Balaban J connectivity index is 2.67. The van der Waals surface area contributed by atoms with Crippen molar-refractivity contribution in [3.8, 4) is 0 Å². The van der Waals surface area contributed by atoms with Crippen molar-refractivity contribution in [2.45, 2.75) is 13.8 Å². The predicted octanol–water partition coefficient (Wildman–Crippen LogP) is 0.886. The second-order valence-electron chi connectivity index (χ2n) is 2.21. The molecule has 0 aliphatic carbocycles. The van der Waals surface area contributed by atoms with Crippen LogP contribution in [-0.2, 0) is 4.74 Å². The zero-order valence-electron chi connectivity index (χ0n) is 6.35. The van der Waals surface area contributed by atoms with Crippen molar-refractivity contribution in [3.63, 3.8) is 0 Å². The molecule has 0 aromatic rings. The Bertz CT molecular complexity index is 172. The molecular weight excluding hydrogens is 128 g/mol. The summed E-state index contributed by atoms with van der Waals surface area (Å²) in [5.74, 6) is 0. The summed E-state index contributed by atoms with van der Waals surface area (Å²) in [6.45, 7) is 5.14. The van der Waals surface area contributed by atoms with E-state index in [0.717, 1.165) is 11.4 Å². The lowest BCUT2D eigenvalue weighted by Gasteiger charge is -2.10. The van der Waals surface area contributed by atoms with E-state index in [0.29, 0.717) is 13.3 Å². The van der Waals surface area contributed by atoms with Gasteiger partial charge in [-0.05, 0) is 13.8 Å². The fraction of sp³-hybridized carbons (Fsp3) is 0.571. The van der Waals surface area contributed by atoms with Crippen LogP contribution in [0.3, 0.4) is 0 Å². The first-order valence-electron chi connectivity index (χ1n) is 3.32. The third-order valence-electron chi connectivity index (χ3n) is 1.46. The van der Waals surface area contributed by atoms with Crippen LogP contribution in [-0.4, -0.2) is 19.6 Å². The lowest BCUT2D eigenvalue weighted by Crippen LogP contribution is -2.19. The van der Waals surface area contributed by atoms with E-state index in [1.165, 1.54) is 0 Å². The van der Waals surface area contributed by atoms with Gasteiger partial charge >= 0.3 is 0 Å². The summed E-state index contributed by atoms with van der Waals surface area (Å²) in [7, 11) is 0. The Morgan fingerprint density at radius 3 is 3.20 bits per heavy atom. The van der Waals surface area contributed by atoms with Crippen LogP contribution < -0.4 is 5.32 Å². The summed E-state index contributed by atoms with van der Waals surface area (Å²) >= 11 is 0.